The van der Waals surface area contributed by atoms with E-state index in [-0.39, 0.29) is 5.91 Å². The monoisotopic (exact) mass is 477 g/mol. The van der Waals surface area contributed by atoms with Crippen LogP contribution in [0.2, 0.25) is 5.02 Å². The number of para-hydroxylation sites is 1. The molecule has 0 saturated carbocycles. The van der Waals surface area contributed by atoms with Gasteiger partial charge >= 0.3 is 0 Å². The van der Waals surface area contributed by atoms with Crippen LogP contribution in [0.3, 0.4) is 0 Å². The summed E-state index contributed by atoms with van der Waals surface area (Å²) in [4.78, 5) is 12.6. The van der Waals surface area contributed by atoms with Crippen LogP contribution in [0.25, 0.3) is 27.7 Å². The summed E-state index contributed by atoms with van der Waals surface area (Å²) in [5, 5.41) is 4.16. The molecule has 1 N–H and O–H groups in total. The van der Waals surface area contributed by atoms with Crippen molar-refractivity contribution in [2.24, 2.45) is 0 Å². The van der Waals surface area contributed by atoms with Gasteiger partial charge in [0.2, 0.25) is 5.91 Å². The highest BCUT2D eigenvalue weighted by molar-refractivity contribution is 6.33. The van der Waals surface area contributed by atoms with Gasteiger partial charge < -0.3 is 23.9 Å². The van der Waals surface area contributed by atoms with Crippen molar-refractivity contribution in [2.75, 3.05) is 26.6 Å². The van der Waals surface area contributed by atoms with Crippen molar-refractivity contribution in [1.29, 1.82) is 0 Å². The molecule has 0 bridgehead atoms. The van der Waals surface area contributed by atoms with Crippen LogP contribution in [-0.4, -0.2) is 27.2 Å². The average Bonchev–Trinajstić information content (AvgIpc) is 3.27. The smallest absolute Gasteiger partial charge is 0.248 e. The molecule has 0 aliphatic carbocycles. The van der Waals surface area contributed by atoms with Crippen molar-refractivity contribution >= 4 is 39.7 Å². The number of amides is 1. The van der Waals surface area contributed by atoms with Crippen LogP contribution in [0, 0.1) is 0 Å². The maximum atomic E-state index is 12.6. The van der Waals surface area contributed by atoms with Gasteiger partial charge in [-0.05, 0) is 48.4 Å². The Morgan fingerprint density at radius 1 is 0.941 bits per heavy atom. The first kappa shape index (κ1) is 23.3. The first-order chi connectivity index (χ1) is 16.4. The second-order valence-electron chi connectivity index (χ2n) is 7.56. The molecule has 0 fully saturated rings. The summed E-state index contributed by atoms with van der Waals surface area (Å²) in [5.41, 5.74) is 4.50. The van der Waals surface area contributed by atoms with Crippen LogP contribution in [0.1, 0.15) is 12.5 Å². The first-order valence-electron chi connectivity index (χ1n) is 10.5. The summed E-state index contributed by atoms with van der Waals surface area (Å²) in [6, 6.07) is 16.5. The van der Waals surface area contributed by atoms with Crippen LogP contribution in [0.15, 0.2) is 71.4 Å². The second-order valence-corrected chi connectivity index (χ2v) is 7.97. The van der Waals surface area contributed by atoms with Crippen LogP contribution in [-0.2, 0) is 4.79 Å². The van der Waals surface area contributed by atoms with Gasteiger partial charge in [-0.3, -0.25) is 4.79 Å². The van der Waals surface area contributed by atoms with Crippen LogP contribution in [0.4, 0.5) is 5.69 Å². The zero-order valence-electron chi connectivity index (χ0n) is 19.3. The number of anilines is 1. The van der Waals surface area contributed by atoms with Crippen LogP contribution >= 0.6 is 11.6 Å². The van der Waals surface area contributed by atoms with Crippen LogP contribution < -0.4 is 19.5 Å². The lowest BCUT2D eigenvalue weighted by atomic mass is 9.99. The highest BCUT2D eigenvalue weighted by Gasteiger charge is 2.16. The number of fused-ring (bicyclic) bond motifs is 1. The largest absolute Gasteiger partial charge is 0.496 e. The van der Waals surface area contributed by atoms with Gasteiger partial charge in [0.1, 0.15) is 11.3 Å². The molecule has 1 amide bonds. The van der Waals surface area contributed by atoms with Gasteiger partial charge in [-0.25, -0.2) is 0 Å². The molecule has 0 spiro atoms. The summed E-state index contributed by atoms with van der Waals surface area (Å²) >= 11 is 6.16. The number of methoxy groups -OCH3 is 3. The second kappa shape index (κ2) is 9.93. The highest BCUT2D eigenvalue weighted by Crippen LogP contribution is 2.40. The SMILES string of the molecule is COc1ccc(-c2coc3cc(OC)c(/C(C)=C/C(=O)Nc4ccccc4Cl)cc23)cc1OC. The number of halogens is 1. The minimum atomic E-state index is -0.292. The maximum Gasteiger partial charge on any atom is 0.248 e. The van der Waals surface area contributed by atoms with E-state index in [9.17, 15) is 4.79 Å². The molecule has 7 heteroatoms. The number of carbonyl (C=O) groups is 1. The molecular weight excluding hydrogens is 454 g/mol. The van der Waals surface area contributed by atoms with Crippen molar-refractivity contribution < 1.29 is 23.4 Å². The van der Waals surface area contributed by atoms with Crippen molar-refractivity contribution in [3.8, 4) is 28.4 Å². The molecule has 0 radical (unpaired) electrons. The summed E-state index contributed by atoms with van der Waals surface area (Å²) in [6.45, 7) is 1.85. The maximum absolute atomic E-state index is 12.6. The Morgan fingerprint density at radius 3 is 2.38 bits per heavy atom. The number of furan rings is 1. The lowest BCUT2D eigenvalue weighted by Crippen LogP contribution is -2.09. The zero-order chi connectivity index (χ0) is 24.2. The van der Waals surface area contributed by atoms with E-state index in [1.807, 2.05) is 43.3 Å². The number of benzene rings is 3. The molecule has 174 valence electrons. The Bertz CT molecular complexity index is 1390. The van der Waals surface area contributed by atoms with Gasteiger partial charge in [-0.2, -0.15) is 0 Å². The lowest BCUT2D eigenvalue weighted by molar-refractivity contribution is -0.111. The third-order valence-electron chi connectivity index (χ3n) is 5.49. The van der Waals surface area contributed by atoms with E-state index >= 15 is 0 Å². The van der Waals surface area contributed by atoms with E-state index < -0.39 is 0 Å². The molecule has 1 aromatic heterocycles. The Balaban J connectivity index is 1.74. The predicted octanol–water partition coefficient (Wildman–Crippen LogP) is 6.82. The number of carbonyl (C=O) groups excluding carboxylic acids is 1. The average molecular weight is 478 g/mol. The number of nitrogens with one attached hydrogen (secondary N) is 1. The summed E-state index contributed by atoms with van der Waals surface area (Å²) in [6.07, 6.45) is 3.21. The molecule has 0 aliphatic heterocycles. The zero-order valence-corrected chi connectivity index (χ0v) is 20.0. The van der Waals surface area contributed by atoms with Crippen LogP contribution in [0.5, 0.6) is 17.2 Å². The van der Waals surface area contributed by atoms with Gasteiger partial charge in [-0.1, -0.05) is 29.8 Å². The van der Waals surface area contributed by atoms with E-state index in [0.29, 0.717) is 33.5 Å². The number of rotatable bonds is 7. The van der Waals surface area contributed by atoms with E-state index in [0.717, 1.165) is 27.6 Å². The molecule has 34 heavy (non-hydrogen) atoms. The summed E-state index contributed by atoms with van der Waals surface area (Å²) in [7, 11) is 4.78. The number of hydrogen-bond donors (Lipinski definition) is 1. The lowest BCUT2D eigenvalue weighted by Gasteiger charge is -2.11. The Hall–Kier alpha value is -3.90. The minimum Gasteiger partial charge on any atom is -0.496 e. The minimum absolute atomic E-state index is 0.292. The molecule has 0 atom stereocenters. The van der Waals surface area contributed by atoms with Gasteiger partial charge in [0.15, 0.2) is 11.5 Å². The first-order valence-corrected chi connectivity index (χ1v) is 10.9. The van der Waals surface area contributed by atoms with Gasteiger partial charge in [0.25, 0.3) is 0 Å². The molecule has 0 unspecified atom stereocenters. The van der Waals surface area contributed by atoms with E-state index in [1.54, 1.807) is 45.8 Å². The molecule has 4 rings (SSSR count). The van der Waals surface area contributed by atoms with Crippen molar-refractivity contribution in [3.63, 3.8) is 0 Å². The number of ether oxygens (including phenoxy) is 3. The van der Waals surface area contributed by atoms with Crippen molar-refractivity contribution in [2.45, 2.75) is 6.92 Å². The van der Waals surface area contributed by atoms with E-state index in [4.69, 9.17) is 30.2 Å². The van der Waals surface area contributed by atoms with E-state index in [1.165, 1.54) is 6.08 Å². The van der Waals surface area contributed by atoms with Gasteiger partial charge in [0, 0.05) is 28.7 Å². The number of allylic oxidation sites excluding steroid dienone is 1. The predicted molar refractivity (Wildman–Crippen MR) is 135 cm³/mol. The number of hydrogen-bond acceptors (Lipinski definition) is 5. The van der Waals surface area contributed by atoms with E-state index in [2.05, 4.69) is 5.32 Å². The van der Waals surface area contributed by atoms with Gasteiger partial charge in [0.05, 0.1) is 38.3 Å². The molecule has 0 aliphatic rings. The third-order valence-corrected chi connectivity index (χ3v) is 5.82. The molecule has 1 heterocycles. The fraction of sp³-hybridized carbons (Fsp3) is 0.148. The fourth-order valence-corrected chi connectivity index (χ4v) is 3.95. The van der Waals surface area contributed by atoms with Crippen molar-refractivity contribution in [3.05, 3.63) is 77.5 Å². The quantitative estimate of drug-likeness (QED) is 0.296. The molecular formula is C27H24ClNO5. The normalized spacial score (nSPS) is 11.4. The van der Waals surface area contributed by atoms with Crippen molar-refractivity contribution in [1.82, 2.24) is 0 Å². The molecule has 0 saturated heterocycles. The third kappa shape index (κ3) is 4.58. The Morgan fingerprint density at radius 2 is 1.68 bits per heavy atom. The fourth-order valence-electron chi connectivity index (χ4n) is 3.77. The topological polar surface area (TPSA) is 69.9 Å². The Kier molecular flexibility index (Phi) is 6.80. The standard InChI is InChI=1S/C27H24ClNO5/c1-16(11-27(30)29-22-8-6-5-7-21(22)28)18-13-19-20(15-34-25(19)14-24(18)32-3)17-9-10-23(31-2)26(12-17)33-4/h5-15H,1-4H3,(H,29,30)/b16-11+. The highest BCUT2D eigenvalue weighted by atomic mass is 35.5. The van der Waals surface area contributed by atoms with Gasteiger partial charge in [-0.15, -0.1) is 0 Å². The summed E-state index contributed by atoms with van der Waals surface area (Å²) < 4.78 is 22.2. The Labute approximate surface area is 202 Å². The molecule has 3 aromatic carbocycles. The molecule has 4 aromatic rings. The summed E-state index contributed by atoms with van der Waals surface area (Å²) in [5.74, 6) is 1.57. The molecule has 6 nitrogen and oxygen atoms in total.